The number of rotatable bonds is 5. The fourth-order valence-electron chi connectivity index (χ4n) is 3.27. The zero-order chi connectivity index (χ0) is 21.4. The summed E-state index contributed by atoms with van der Waals surface area (Å²) >= 11 is 0. The largest absolute Gasteiger partial charge is 0.463 e. The molecule has 0 saturated carbocycles. The minimum atomic E-state index is -1.75. The standard InChI is InChI=1S/C16H20N6O7/c1-8(23)18-10-5-6-22(14(25)19-10)13-11-12(28-15(3,4)27-11)16(29-13,20-21-17)7-26-9(2)24/h5-6,11-13H,7H2,1-4H3,(H,18,19,23,25)/t11-,12+,13-,16-/m1/s1. The molecular weight excluding hydrogens is 388 g/mol. The number of ether oxygens (including phenoxy) is 4. The van der Waals surface area contributed by atoms with Crippen LogP contribution in [0.2, 0.25) is 0 Å². The van der Waals surface area contributed by atoms with Gasteiger partial charge in [0.2, 0.25) is 11.6 Å². The van der Waals surface area contributed by atoms with Crippen LogP contribution in [0.3, 0.4) is 0 Å². The van der Waals surface area contributed by atoms with Crippen LogP contribution in [0.15, 0.2) is 22.2 Å². The first-order chi connectivity index (χ1) is 13.6. The predicted octanol–water partition coefficient (Wildman–Crippen LogP) is 0.820. The lowest BCUT2D eigenvalue weighted by atomic mass is 10.1. The maximum Gasteiger partial charge on any atom is 0.351 e. The van der Waals surface area contributed by atoms with Gasteiger partial charge in [0, 0.05) is 25.0 Å². The highest BCUT2D eigenvalue weighted by Crippen LogP contribution is 2.48. The number of hydrogen-bond donors (Lipinski definition) is 1. The van der Waals surface area contributed by atoms with Gasteiger partial charge in [-0.3, -0.25) is 14.2 Å². The highest BCUT2D eigenvalue weighted by atomic mass is 16.8. The molecule has 0 bridgehead atoms. The third-order valence-corrected chi connectivity index (χ3v) is 4.28. The molecule has 13 heteroatoms. The lowest BCUT2D eigenvalue weighted by Crippen LogP contribution is -2.45. The highest BCUT2D eigenvalue weighted by Gasteiger charge is 2.64. The number of nitrogens with one attached hydrogen (secondary N) is 1. The molecule has 2 aliphatic heterocycles. The van der Waals surface area contributed by atoms with Crippen molar-refractivity contribution in [3.8, 4) is 0 Å². The molecule has 2 fully saturated rings. The smallest absolute Gasteiger partial charge is 0.351 e. The number of amides is 1. The zero-order valence-corrected chi connectivity index (χ0v) is 16.2. The Morgan fingerprint density at radius 3 is 2.69 bits per heavy atom. The highest BCUT2D eigenvalue weighted by molar-refractivity contribution is 5.87. The summed E-state index contributed by atoms with van der Waals surface area (Å²) in [5.41, 5.74) is 6.57. The van der Waals surface area contributed by atoms with E-state index in [9.17, 15) is 14.4 Å². The van der Waals surface area contributed by atoms with Crippen LogP contribution < -0.4 is 11.0 Å². The number of carbonyl (C=O) groups is 2. The molecule has 0 aliphatic carbocycles. The molecule has 3 heterocycles. The van der Waals surface area contributed by atoms with Gasteiger partial charge in [-0.05, 0) is 25.4 Å². The Labute approximate surface area is 164 Å². The maximum atomic E-state index is 12.5. The van der Waals surface area contributed by atoms with Crippen molar-refractivity contribution in [2.45, 2.75) is 57.6 Å². The summed E-state index contributed by atoms with van der Waals surface area (Å²) in [6.07, 6.45) is -1.55. The predicted molar refractivity (Wildman–Crippen MR) is 95.3 cm³/mol. The molecule has 4 atom stereocenters. The Hall–Kier alpha value is -2.99. The molecule has 3 rings (SSSR count). The van der Waals surface area contributed by atoms with Crippen LogP contribution in [0.5, 0.6) is 0 Å². The van der Waals surface area contributed by atoms with Crippen LogP contribution in [0.1, 0.15) is 33.9 Å². The quantitative estimate of drug-likeness (QED) is 0.323. The molecule has 1 aromatic heterocycles. The summed E-state index contributed by atoms with van der Waals surface area (Å²) < 4.78 is 23.7. The minimum absolute atomic E-state index is 0.0680. The van der Waals surface area contributed by atoms with Gasteiger partial charge < -0.3 is 24.3 Å². The van der Waals surface area contributed by atoms with Crippen LogP contribution in [0.4, 0.5) is 5.82 Å². The summed E-state index contributed by atoms with van der Waals surface area (Å²) in [5.74, 6) is -2.00. The van der Waals surface area contributed by atoms with Gasteiger partial charge in [0.25, 0.3) is 0 Å². The fourth-order valence-corrected chi connectivity index (χ4v) is 3.27. The van der Waals surface area contributed by atoms with Crippen molar-refractivity contribution in [1.82, 2.24) is 9.55 Å². The fraction of sp³-hybridized carbons (Fsp3) is 0.625. The lowest BCUT2D eigenvalue weighted by Gasteiger charge is -2.30. The Bertz CT molecular complexity index is 940. The van der Waals surface area contributed by atoms with E-state index in [-0.39, 0.29) is 11.7 Å². The molecule has 156 valence electrons. The van der Waals surface area contributed by atoms with E-state index in [0.717, 1.165) is 4.57 Å². The Morgan fingerprint density at radius 1 is 1.38 bits per heavy atom. The molecule has 2 saturated heterocycles. The molecule has 0 radical (unpaired) electrons. The van der Waals surface area contributed by atoms with Crippen molar-refractivity contribution in [3.63, 3.8) is 0 Å². The van der Waals surface area contributed by atoms with Gasteiger partial charge in [0.05, 0.1) is 0 Å². The first-order valence-electron chi connectivity index (χ1n) is 8.67. The van der Waals surface area contributed by atoms with Crippen molar-refractivity contribution in [2.75, 3.05) is 11.9 Å². The second kappa shape index (κ2) is 7.44. The minimum Gasteiger partial charge on any atom is -0.463 e. The van der Waals surface area contributed by atoms with Gasteiger partial charge in [-0.1, -0.05) is 5.11 Å². The number of anilines is 1. The van der Waals surface area contributed by atoms with Crippen molar-refractivity contribution in [3.05, 3.63) is 33.2 Å². The molecule has 0 aromatic carbocycles. The van der Waals surface area contributed by atoms with Gasteiger partial charge in [-0.2, -0.15) is 4.98 Å². The molecule has 29 heavy (non-hydrogen) atoms. The second-order valence-corrected chi connectivity index (χ2v) is 7.03. The molecule has 2 aliphatic rings. The third-order valence-electron chi connectivity index (χ3n) is 4.28. The van der Waals surface area contributed by atoms with E-state index in [2.05, 4.69) is 20.3 Å². The SMILES string of the molecule is CC(=O)Nc1ccn([C@@H]2O[C@@](COC(C)=O)(N=[N+]=[N-])[C@H]3OC(C)(C)O[C@@H]23)c(=O)n1. The molecule has 0 spiro atoms. The summed E-state index contributed by atoms with van der Waals surface area (Å²) in [4.78, 5) is 41.6. The summed E-state index contributed by atoms with van der Waals surface area (Å²) in [7, 11) is 0. The van der Waals surface area contributed by atoms with Gasteiger partial charge in [0.1, 0.15) is 24.6 Å². The summed E-state index contributed by atoms with van der Waals surface area (Å²) in [6.45, 7) is 5.34. The topological polar surface area (TPSA) is 167 Å². The van der Waals surface area contributed by atoms with Crippen molar-refractivity contribution >= 4 is 17.7 Å². The van der Waals surface area contributed by atoms with Gasteiger partial charge >= 0.3 is 11.7 Å². The average molecular weight is 408 g/mol. The second-order valence-electron chi connectivity index (χ2n) is 7.03. The summed E-state index contributed by atoms with van der Waals surface area (Å²) in [5, 5.41) is 6.09. The average Bonchev–Trinajstić information content (AvgIpc) is 3.06. The van der Waals surface area contributed by atoms with Crippen LogP contribution in [-0.2, 0) is 28.5 Å². The van der Waals surface area contributed by atoms with Crippen molar-refractivity contribution in [1.29, 1.82) is 0 Å². The zero-order valence-electron chi connectivity index (χ0n) is 16.2. The number of azide groups is 1. The molecule has 0 unspecified atom stereocenters. The van der Waals surface area contributed by atoms with E-state index in [1.807, 2.05) is 0 Å². The van der Waals surface area contributed by atoms with Crippen LogP contribution in [-0.4, -0.2) is 51.8 Å². The van der Waals surface area contributed by atoms with Crippen LogP contribution in [0, 0.1) is 0 Å². The number of esters is 1. The van der Waals surface area contributed by atoms with E-state index in [1.165, 1.54) is 26.1 Å². The number of carbonyl (C=O) groups excluding carboxylic acids is 2. The van der Waals surface area contributed by atoms with E-state index in [4.69, 9.17) is 24.5 Å². The molecule has 13 nitrogen and oxygen atoms in total. The van der Waals surface area contributed by atoms with E-state index in [1.54, 1.807) is 13.8 Å². The normalized spacial score (nSPS) is 29.6. The molecule has 1 aromatic rings. The van der Waals surface area contributed by atoms with Crippen LogP contribution in [0.25, 0.3) is 10.4 Å². The molecule has 1 N–H and O–H groups in total. The maximum absolute atomic E-state index is 12.5. The van der Waals surface area contributed by atoms with Gasteiger partial charge in [-0.25, -0.2) is 4.79 Å². The lowest BCUT2D eigenvalue weighted by molar-refractivity contribution is -0.228. The van der Waals surface area contributed by atoms with Crippen molar-refractivity contribution in [2.24, 2.45) is 5.11 Å². The number of aromatic nitrogens is 2. The van der Waals surface area contributed by atoms with Gasteiger partial charge in [-0.15, -0.1) is 0 Å². The van der Waals surface area contributed by atoms with E-state index < -0.39 is 48.2 Å². The van der Waals surface area contributed by atoms with E-state index in [0.29, 0.717) is 0 Å². The van der Waals surface area contributed by atoms with E-state index >= 15 is 0 Å². The first kappa shape index (κ1) is 20.7. The monoisotopic (exact) mass is 408 g/mol. The first-order valence-corrected chi connectivity index (χ1v) is 8.67. The van der Waals surface area contributed by atoms with Crippen LogP contribution >= 0.6 is 0 Å². The number of hydrogen-bond acceptors (Lipinski definition) is 9. The number of nitrogens with zero attached hydrogens (tertiary/aromatic N) is 5. The molecule has 1 amide bonds. The Morgan fingerprint density at radius 2 is 2.10 bits per heavy atom. The van der Waals surface area contributed by atoms with Gasteiger partial charge in [0.15, 0.2) is 12.0 Å². The summed E-state index contributed by atoms with van der Waals surface area (Å²) in [6, 6.07) is 1.40. The molecular formula is C16H20N6O7. The third kappa shape index (κ3) is 4.07. The van der Waals surface area contributed by atoms with Crippen molar-refractivity contribution < 1.29 is 28.5 Å². The Balaban J connectivity index is 2.01. The number of fused-ring (bicyclic) bond motifs is 1. The Kier molecular flexibility index (Phi) is 5.32.